The van der Waals surface area contributed by atoms with Crippen molar-refractivity contribution in [2.45, 2.75) is 26.7 Å². The molecule has 0 radical (unpaired) electrons. The van der Waals surface area contributed by atoms with E-state index in [1.165, 1.54) is 5.56 Å². The van der Waals surface area contributed by atoms with Crippen LogP contribution in [0.4, 0.5) is 0 Å². The first-order valence-electron chi connectivity index (χ1n) is 7.84. The summed E-state index contributed by atoms with van der Waals surface area (Å²) in [6, 6.07) is 8.14. The highest BCUT2D eigenvalue weighted by Gasteiger charge is 2.21. The highest BCUT2D eigenvalue weighted by Crippen LogP contribution is 2.25. The van der Waals surface area contributed by atoms with Gasteiger partial charge < -0.3 is 9.64 Å². The number of amides is 1. The van der Waals surface area contributed by atoms with E-state index in [0.717, 1.165) is 22.2 Å². The fraction of sp³-hybridized carbons (Fsp3) is 0.444. The molecule has 0 N–H and O–H groups in total. The molecule has 4 nitrogen and oxygen atoms in total. The van der Waals surface area contributed by atoms with E-state index < -0.39 is 0 Å². The molecule has 0 saturated carbocycles. The van der Waals surface area contributed by atoms with Crippen molar-refractivity contribution in [2.75, 3.05) is 26.3 Å². The second-order valence-electron chi connectivity index (χ2n) is 6.15. The van der Waals surface area contributed by atoms with Gasteiger partial charge in [-0.05, 0) is 36.6 Å². The zero-order chi connectivity index (χ0) is 15.7. The second kappa shape index (κ2) is 6.05. The van der Waals surface area contributed by atoms with Crippen LogP contribution in [0.5, 0.6) is 0 Å². The van der Waals surface area contributed by atoms with Crippen LogP contribution >= 0.6 is 0 Å². The predicted octanol–water partition coefficient (Wildman–Crippen LogP) is 3.14. The Kier molecular flexibility index (Phi) is 4.12. The number of pyridine rings is 1. The molecule has 3 rings (SSSR count). The van der Waals surface area contributed by atoms with Crippen LogP contribution in [0.25, 0.3) is 10.9 Å². The summed E-state index contributed by atoms with van der Waals surface area (Å²) >= 11 is 0. The van der Waals surface area contributed by atoms with E-state index in [1.807, 2.05) is 24.0 Å². The van der Waals surface area contributed by atoms with Crippen LogP contribution in [-0.4, -0.2) is 42.1 Å². The third kappa shape index (κ3) is 2.83. The molecule has 1 aliphatic rings. The van der Waals surface area contributed by atoms with Crippen LogP contribution in [0, 0.1) is 6.92 Å². The molecule has 0 atom stereocenters. The van der Waals surface area contributed by atoms with Gasteiger partial charge in [-0.25, -0.2) is 0 Å². The van der Waals surface area contributed by atoms with E-state index in [9.17, 15) is 4.79 Å². The number of nitrogens with zero attached hydrogens (tertiary/aromatic N) is 2. The van der Waals surface area contributed by atoms with Crippen molar-refractivity contribution in [1.29, 1.82) is 0 Å². The minimum Gasteiger partial charge on any atom is -0.378 e. The van der Waals surface area contributed by atoms with Crippen LogP contribution < -0.4 is 0 Å². The Balaban J connectivity index is 2.09. The zero-order valence-corrected chi connectivity index (χ0v) is 13.4. The lowest BCUT2D eigenvalue weighted by Gasteiger charge is -2.27. The van der Waals surface area contributed by atoms with Crippen LogP contribution in [-0.2, 0) is 4.74 Å². The summed E-state index contributed by atoms with van der Waals surface area (Å²) in [5.41, 5.74) is 3.75. The Labute approximate surface area is 131 Å². The third-order valence-electron chi connectivity index (χ3n) is 4.16. The molecule has 1 aliphatic heterocycles. The number of ether oxygens (including phenoxy) is 1. The van der Waals surface area contributed by atoms with Gasteiger partial charge in [-0.1, -0.05) is 19.9 Å². The van der Waals surface area contributed by atoms with E-state index in [-0.39, 0.29) is 5.91 Å². The van der Waals surface area contributed by atoms with Gasteiger partial charge in [-0.3, -0.25) is 9.78 Å². The molecule has 1 amide bonds. The van der Waals surface area contributed by atoms with Gasteiger partial charge in [0, 0.05) is 24.2 Å². The molecule has 2 heterocycles. The van der Waals surface area contributed by atoms with E-state index in [4.69, 9.17) is 4.74 Å². The van der Waals surface area contributed by atoms with Gasteiger partial charge >= 0.3 is 0 Å². The molecule has 1 aromatic carbocycles. The molecule has 1 aromatic heterocycles. The first-order chi connectivity index (χ1) is 10.6. The largest absolute Gasteiger partial charge is 0.378 e. The van der Waals surface area contributed by atoms with Crippen molar-refractivity contribution < 1.29 is 9.53 Å². The van der Waals surface area contributed by atoms with Gasteiger partial charge in [0.25, 0.3) is 5.91 Å². The van der Waals surface area contributed by atoms with Gasteiger partial charge in [0.2, 0.25) is 0 Å². The Hall–Kier alpha value is -1.94. The molecule has 116 valence electrons. The molecule has 2 aromatic rings. The Morgan fingerprint density at radius 3 is 2.64 bits per heavy atom. The molecular weight excluding hydrogens is 276 g/mol. The highest BCUT2D eigenvalue weighted by atomic mass is 16.5. The zero-order valence-electron chi connectivity index (χ0n) is 13.4. The predicted molar refractivity (Wildman–Crippen MR) is 87.3 cm³/mol. The number of aromatic nitrogens is 1. The third-order valence-corrected chi connectivity index (χ3v) is 4.16. The maximum absolute atomic E-state index is 12.9. The monoisotopic (exact) mass is 298 g/mol. The molecule has 1 saturated heterocycles. The summed E-state index contributed by atoms with van der Waals surface area (Å²) in [4.78, 5) is 19.3. The number of rotatable bonds is 2. The fourth-order valence-electron chi connectivity index (χ4n) is 2.85. The number of carbonyl (C=O) groups is 1. The number of benzene rings is 1. The van der Waals surface area contributed by atoms with Crippen molar-refractivity contribution in [3.8, 4) is 0 Å². The van der Waals surface area contributed by atoms with Crippen molar-refractivity contribution in [3.05, 3.63) is 41.1 Å². The summed E-state index contributed by atoms with van der Waals surface area (Å²) in [6.07, 6.45) is 0. The Morgan fingerprint density at radius 1 is 1.23 bits per heavy atom. The average Bonchev–Trinajstić information content (AvgIpc) is 2.53. The minimum atomic E-state index is 0.0831. The number of carbonyl (C=O) groups excluding carboxylic acids is 1. The second-order valence-corrected chi connectivity index (χ2v) is 6.15. The van der Waals surface area contributed by atoms with Gasteiger partial charge in [0.05, 0.1) is 24.3 Å². The van der Waals surface area contributed by atoms with E-state index in [2.05, 4.69) is 31.0 Å². The molecule has 22 heavy (non-hydrogen) atoms. The summed E-state index contributed by atoms with van der Waals surface area (Å²) in [5, 5.41) is 0.952. The van der Waals surface area contributed by atoms with E-state index >= 15 is 0 Å². The first kappa shape index (κ1) is 15.0. The van der Waals surface area contributed by atoms with Crippen molar-refractivity contribution in [1.82, 2.24) is 9.88 Å². The van der Waals surface area contributed by atoms with Crippen LogP contribution in [0.2, 0.25) is 0 Å². The van der Waals surface area contributed by atoms with Crippen molar-refractivity contribution in [3.63, 3.8) is 0 Å². The van der Waals surface area contributed by atoms with E-state index in [0.29, 0.717) is 32.2 Å². The molecular formula is C18H22N2O2. The molecule has 4 heteroatoms. The molecule has 1 fully saturated rings. The molecule has 0 unspecified atom stereocenters. The Morgan fingerprint density at radius 2 is 1.95 bits per heavy atom. The normalized spacial score (nSPS) is 15.5. The average molecular weight is 298 g/mol. The fourth-order valence-corrected chi connectivity index (χ4v) is 2.85. The van der Waals surface area contributed by atoms with Crippen LogP contribution in [0.15, 0.2) is 24.3 Å². The molecule has 0 aliphatic carbocycles. The molecule has 0 spiro atoms. The number of fused-ring (bicyclic) bond motifs is 1. The Bertz CT molecular complexity index is 704. The maximum atomic E-state index is 12.9. The number of hydrogen-bond donors (Lipinski definition) is 0. The summed E-state index contributed by atoms with van der Waals surface area (Å²) in [7, 11) is 0. The quantitative estimate of drug-likeness (QED) is 0.855. The number of morpholine rings is 1. The van der Waals surface area contributed by atoms with Gasteiger partial charge in [-0.15, -0.1) is 0 Å². The van der Waals surface area contributed by atoms with Gasteiger partial charge in [0.15, 0.2) is 0 Å². The lowest BCUT2D eigenvalue weighted by Crippen LogP contribution is -2.40. The molecule has 0 bridgehead atoms. The van der Waals surface area contributed by atoms with Crippen LogP contribution in [0.3, 0.4) is 0 Å². The number of aryl methyl sites for hydroxylation is 1. The van der Waals surface area contributed by atoms with Crippen molar-refractivity contribution in [2.24, 2.45) is 0 Å². The minimum absolute atomic E-state index is 0.0831. The summed E-state index contributed by atoms with van der Waals surface area (Å²) in [5.74, 6) is 0.511. The van der Waals surface area contributed by atoms with Gasteiger partial charge in [-0.2, -0.15) is 0 Å². The smallest absolute Gasteiger partial charge is 0.254 e. The standard InChI is InChI=1S/C18H22N2O2/c1-12(2)14-4-5-17-15(11-14)16(10-13(3)19-17)18(21)20-6-8-22-9-7-20/h4-5,10-12H,6-9H2,1-3H3. The number of hydrogen-bond acceptors (Lipinski definition) is 3. The van der Waals surface area contributed by atoms with Crippen molar-refractivity contribution >= 4 is 16.8 Å². The maximum Gasteiger partial charge on any atom is 0.254 e. The lowest BCUT2D eigenvalue weighted by atomic mass is 9.98. The topological polar surface area (TPSA) is 42.4 Å². The van der Waals surface area contributed by atoms with E-state index in [1.54, 1.807) is 0 Å². The first-order valence-corrected chi connectivity index (χ1v) is 7.84. The highest BCUT2D eigenvalue weighted by molar-refractivity contribution is 6.06. The van der Waals surface area contributed by atoms with Crippen LogP contribution in [0.1, 0.15) is 41.4 Å². The summed E-state index contributed by atoms with van der Waals surface area (Å²) in [6.45, 7) is 8.80. The SMILES string of the molecule is Cc1cc(C(=O)N2CCOCC2)c2cc(C(C)C)ccc2n1. The lowest BCUT2D eigenvalue weighted by molar-refractivity contribution is 0.0304. The summed E-state index contributed by atoms with van der Waals surface area (Å²) < 4.78 is 5.34. The van der Waals surface area contributed by atoms with Gasteiger partial charge in [0.1, 0.15) is 0 Å².